The van der Waals surface area contributed by atoms with Gasteiger partial charge in [0, 0.05) is 29.1 Å². The highest BCUT2D eigenvalue weighted by Crippen LogP contribution is 2.38. The number of anilines is 1. The first-order valence-electron chi connectivity index (χ1n) is 5.71. The van der Waals surface area contributed by atoms with Gasteiger partial charge in [0.1, 0.15) is 0 Å². The van der Waals surface area contributed by atoms with Crippen molar-refractivity contribution in [1.82, 2.24) is 5.32 Å². The number of halogens is 2. The average Bonchev–Trinajstić information content (AvgIpc) is 2.13. The molecule has 0 aromatic heterocycles. The maximum absolute atomic E-state index is 6.10. The number of nitrogens with zero attached hydrogens (tertiary/aromatic N) is 1. The monoisotopic (exact) mass is 300 g/mol. The molecule has 4 heteroatoms. The van der Waals surface area contributed by atoms with Crippen LogP contribution in [-0.4, -0.2) is 25.7 Å². The molecule has 2 aliphatic heterocycles. The minimum Gasteiger partial charge on any atom is -0.365 e. The molecule has 0 unspecified atom stereocenters. The van der Waals surface area contributed by atoms with Crippen molar-refractivity contribution < 1.29 is 0 Å². The van der Waals surface area contributed by atoms with Crippen molar-refractivity contribution in [1.29, 1.82) is 0 Å². The fraction of sp³-hybridized carbons (Fsp3) is 0.500. The second kappa shape index (κ2) is 4.21. The maximum Gasteiger partial charge on any atom is 0.0547 e. The highest BCUT2D eigenvalue weighted by Gasteiger charge is 2.29. The Morgan fingerprint density at radius 1 is 1.38 bits per heavy atom. The summed E-state index contributed by atoms with van der Waals surface area (Å²) >= 11 is 9.74. The molecule has 1 aromatic rings. The SMILES string of the molecule is Clc1cc(Br)c2c(c1)CCCN2C1CNC1. The molecule has 86 valence electrons. The molecule has 1 saturated heterocycles. The predicted octanol–water partition coefficient (Wildman–Crippen LogP) is 2.83. The van der Waals surface area contributed by atoms with Crippen LogP contribution in [-0.2, 0) is 6.42 Å². The Bertz CT molecular complexity index is 418. The minimum atomic E-state index is 0.663. The minimum absolute atomic E-state index is 0.663. The average molecular weight is 302 g/mol. The van der Waals surface area contributed by atoms with Crippen molar-refractivity contribution in [2.75, 3.05) is 24.5 Å². The van der Waals surface area contributed by atoms with Gasteiger partial charge in [-0.1, -0.05) is 11.6 Å². The van der Waals surface area contributed by atoms with Gasteiger partial charge in [0.05, 0.1) is 11.7 Å². The molecule has 0 spiro atoms. The summed E-state index contributed by atoms with van der Waals surface area (Å²) in [4.78, 5) is 2.52. The van der Waals surface area contributed by atoms with Crippen molar-refractivity contribution in [2.24, 2.45) is 0 Å². The van der Waals surface area contributed by atoms with Gasteiger partial charge in [0.2, 0.25) is 0 Å². The topological polar surface area (TPSA) is 15.3 Å². The van der Waals surface area contributed by atoms with Crippen LogP contribution in [0.2, 0.25) is 5.02 Å². The van der Waals surface area contributed by atoms with E-state index in [-0.39, 0.29) is 0 Å². The van der Waals surface area contributed by atoms with Crippen LogP contribution in [0.1, 0.15) is 12.0 Å². The fourth-order valence-corrected chi connectivity index (χ4v) is 3.64. The Morgan fingerprint density at radius 3 is 2.88 bits per heavy atom. The van der Waals surface area contributed by atoms with Crippen LogP contribution in [0, 0.1) is 0 Å². The van der Waals surface area contributed by atoms with Crippen molar-refractivity contribution in [3.63, 3.8) is 0 Å². The number of aryl methyl sites for hydroxylation is 1. The zero-order chi connectivity index (χ0) is 11.1. The van der Waals surface area contributed by atoms with Crippen LogP contribution in [0.4, 0.5) is 5.69 Å². The molecule has 1 fully saturated rings. The smallest absolute Gasteiger partial charge is 0.0547 e. The molecule has 16 heavy (non-hydrogen) atoms. The molecular weight excluding hydrogens is 288 g/mol. The second-order valence-corrected chi connectivity index (χ2v) is 5.80. The summed E-state index contributed by atoms with van der Waals surface area (Å²) in [6.07, 6.45) is 2.38. The fourth-order valence-electron chi connectivity index (χ4n) is 2.54. The second-order valence-electron chi connectivity index (χ2n) is 4.50. The van der Waals surface area contributed by atoms with E-state index in [9.17, 15) is 0 Å². The third-order valence-corrected chi connectivity index (χ3v) is 4.26. The lowest BCUT2D eigenvalue weighted by atomic mass is 9.98. The number of nitrogens with one attached hydrogen (secondary N) is 1. The van der Waals surface area contributed by atoms with Crippen molar-refractivity contribution in [3.05, 3.63) is 27.2 Å². The van der Waals surface area contributed by atoms with E-state index in [4.69, 9.17) is 11.6 Å². The molecule has 2 nitrogen and oxygen atoms in total. The van der Waals surface area contributed by atoms with E-state index in [1.807, 2.05) is 6.07 Å². The van der Waals surface area contributed by atoms with Crippen molar-refractivity contribution in [3.8, 4) is 0 Å². The molecule has 0 saturated carbocycles. The van der Waals surface area contributed by atoms with E-state index >= 15 is 0 Å². The summed E-state index contributed by atoms with van der Waals surface area (Å²) in [6, 6.07) is 4.78. The van der Waals surface area contributed by atoms with E-state index in [1.165, 1.54) is 24.2 Å². The lowest BCUT2D eigenvalue weighted by Gasteiger charge is -2.43. The lowest BCUT2D eigenvalue weighted by Crippen LogP contribution is -2.58. The van der Waals surface area contributed by atoms with Crippen LogP contribution in [0.25, 0.3) is 0 Å². The first-order valence-corrected chi connectivity index (χ1v) is 6.88. The number of fused-ring (bicyclic) bond motifs is 1. The Hall–Kier alpha value is -0.250. The van der Waals surface area contributed by atoms with E-state index in [2.05, 4.69) is 32.2 Å². The van der Waals surface area contributed by atoms with Gasteiger partial charge < -0.3 is 10.2 Å². The first kappa shape index (κ1) is 10.9. The van der Waals surface area contributed by atoms with Gasteiger partial charge in [-0.15, -0.1) is 0 Å². The molecule has 0 aliphatic carbocycles. The number of rotatable bonds is 1. The van der Waals surface area contributed by atoms with Gasteiger partial charge in [-0.25, -0.2) is 0 Å². The van der Waals surface area contributed by atoms with E-state index in [0.717, 1.165) is 29.0 Å². The molecule has 3 rings (SSSR count). The van der Waals surface area contributed by atoms with Gasteiger partial charge >= 0.3 is 0 Å². The lowest BCUT2D eigenvalue weighted by molar-refractivity contribution is 0.405. The van der Waals surface area contributed by atoms with Gasteiger partial charge in [0.15, 0.2) is 0 Å². The van der Waals surface area contributed by atoms with E-state index < -0.39 is 0 Å². The zero-order valence-electron chi connectivity index (χ0n) is 8.97. The highest BCUT2D eigenvalue weighted by molar-refractivity contribution is 9.10. The predicted molar refractivity (Wildman–Crippen MR) is 71.5 cm³/mol. The van der Waals surface area contributed by atoms with Gasteiger partial charge in [-0.2, -0.15) is 0 Å². The Kier molecular flexibility index (Phi) is 2.86. The van der Waals surface area contributed by atoms with Gasteiger partial charge in [0.25, 0.3) is 0 Å². The summed E-state index contributed by atoms with van der Waals surface area (Å²) in [7, 11) is 0. The molecule has 2 heterocycles. The van der Waals surface area contributed by atoms with Crippen LogP contribution in [0.3, 0.4) is 0 Å². The van der Waals surface area contributed by atoms with E-state index in [1.54, 1.807) is 0 Å². The van der Waals surface area contributed by atoms with Crippen molar-refractivity contribution >= 4 is 33.2 Å². The van der Waals surface area contributed by atoms with E-state index in [0.29, 0.717) is 6.04 Å². The molecule has 0 bridgehead atoms. The normalized spacial score (nSPS) is 20.5. The highest BCUT2D eigenvalue weighted by atomic mass is 79.9. The standard InChI is InChI=1S/C12H14BrClN2/c13-11-5-9(14)4-8-2-1-3-16(12(8)11)10-6-15-7-10/h4-5,10,15H,1-3,6-7H2. The quantitative estimate of drug-likeness (QED) is 0.858. The Labute approximate surface area is 109 Å². The Balaban J connectivity index is 2.03. The third-order valence-electron chi connectivity index (χ3n) is 3.44. The number of hydrogen-bond acceptors (Lipinski definition) is 2. The largest absolute Gasteiger partial charge is 0.365 e. The summed E-state index contributed by atoms with van der Waals surface area (Å²) < 4.78 is 1.14. The molecule has 2 aliphatic rings. The third kappa shape index (κ3) is 1.75. The molecular formula is C12H14BrClN2. The molecule has 0 atom stereocenters. The van der Waals surface area contributed by atoms with Crippen LogP contribution < -0.4 is 10.2 Å². The van der Waals surface area contributed by atoms with Gasteiger partial charge in [-0.05, 0) is 46.5 Å². The zero-order valence-corrected chi connectivity index (χ0v) is 11.3. The Morgan fingerprint density at radius 2 is 2.19 bits per heavy atom. The van der Waals surface area contributed by atoms with Crippen LogP contribution >= 0.6 is 27.5 Å². The first-order chi connectivity index (χ1) is 7.75. The number of hydrogen-bond donors (Lipinski definition) is 1. The van der Waals surface area contributed by atoms with Crippen LogP contribution in [0.5, 0.6) is 0 Å². The summed E-state index contributed by atoms with van der Waals surface area (Å²) in [6.45, 7) is 3.38. The van der Waals surface area contributed by atoms with Gasteiger partial charge in [-0.3, -0.25) is 0 Å². The summed E-state index contributed by atoms with van der Waals surface area (Å²) in [5, 5.41) is 4.17. The number of benzene rings is 1. The maximum atomic E-state index is 6.10. The summed E-state index contributed by atoms with van der Waals surface area (Å²) in [5.74, 6) is 0. The van der Waals surface area contributed by atoms with Crippen molar-refractivity contribution in [2.45, 2.75) is 18.9 Å². The van der Waals surface area contributed by atoms with Crippen LogP contribution in [0.15, 0.2) is 16.6 Å². The molecule has 1 N–H and O–H groups in total. The summed E-state index contributed by atoms with van der Waals surface area (Å²) in [5.41, 5.74) is 2.75. The molecule has 1 aromatic carbocycles. The molecule has 0 amide bonds. The molecule has 0 radical (unpaired) electrons.